The van der Waals surface area contributed by atoms with E-state index in [4.69, 9.17) is 11.6 Å². The van der Waals surface area contributed by atoms with Gasteiger partial charge in [0.25, 0.3) is 5.69 Å². The molecule has 7 heteroatoms. The maximum atomic E-state index is 10.9. The highest BCUT2D eigenvalue weighted by molar-refractivity contribution is 9.10. The van der Waals surface area contributed by atoms with Gasteiger partial charge in [-0.2, -0.15) is 0 Å². The highest BCUT2D eigenvalue weighted by Gasteiger charge is 2.13. The van der Waals surface area contributed by atoms with Crippen LogP contribution in [0.25, 0.3) is 0 Å². The average Bonchev–Trinajstić information content (AvgIpc) is 2.80. The number of nitrogens with one attached hydrogen (secondary N) is 1. The van der Waals surface area contributed by atoms with Gasteiger partial charge in [-0.05, 0) is 30.7 Å². The van der Waals surface area contributed by atoms with Crippen molar-refractivity contribution in [3.63, 3.8) is 0 Å². The number of benzene rings is 1. The first-order chi connectivity index (χ1) is 9.56. The van der Waals surface area contributed by atoms with E-state index in [0.717, 1.165) is 21.8 Å². The lowest BCUT2D eigenvalue weighted by atomic mass is 10.2. The van der Waals surface area contributed by atoms with Gasteiger partial charge in [0.1, 0.15) is 0 Å². The van der Waals surface area contributed by atoms with Crippen LogP contribution >= 0.6 is 38.9 Å². The molecule has 0 amide bonds. The molecule has 4 nitrogen and oxygen atoms in total. The van der Waals surface area contributed by atoms with Crippen molar-refractivity contribution in [2.75, 3.05) is 6.54 Å². The molecule has 0 bridgehead atoms. The normalized spacial score (nSPS) is 10.7. The maximum absolute atomic E-state index is 10.9. The Morgan fingerprint density at radius 3 is 2.80 bits per heavy atom. The van der Waals surface area contributed by atoms with Crippen molar-refractivity contribution in [1.82, 2.24) is 5.32 Å². The second kappa shape index (κ2) is 7.17. The maximum Gasteiger partial charge on any atom is 0.273 e. The van der Waals surface area contributed by atoms with Crippen molar-refractivity contribution >= 4 is 44.6 Å². The SMILES string of the molecule is O=[N+]([O-])c1ccc(Br)cc1CNCCc1ccc(Cl)s1. The zero-order valence-corrected chi connectivity index (χ0v) is 13.6. The number of hydrogen-bond donors (Lipinski definition) is 1. The Morgan fingerprint density at radius 1 is 1.35 bits per heavy atom. The number of nitro groups is 1. The van der Waals surface area contributed by atoms with Crippen LogP contribution in [0.5, 0.6) is 0 Å². The Labute approximate surface area is 134 Å². The number of rotatable bonds is 6. The number of hydrogen-bond acceptors (Lipinski definition) is 4. The number of thiophene rings is 1. The summed E-state index contributed by atoms with van der Waals surface area (Å²) in [6, 6.07) is 8.83. The van der Waals surface area contributed by atoms with Gasteiger partial charge in [-0.1, -0.05) is 27.5 Å². The first-order valence-corrected chi connectivity index (χ1v) is 7.93. The monoisotopic (exact) mass is 374 g/mol. The average molecular weight is 376 g/mol. The molecule has 0 saturated carbocycles. The molecule has 106 valence electrons. The van der Waals surface area contributed by atoms with Crippen molar-refractivity contribution in [1.29, 1.82) is 0 Å². The standard InChI is InChI=1S/C13H12BrClN2O2S/c14-10-1-3-12(17(18)19)9(7-10)8-16-6-5-11-2-4-13(15)20-11/h1-4,7,16H,5-6,8H2. The largest absolute Gasteiger partial charge is 0.312 e. The van der Waals surface area contributed by atoms with Gasteiger partial charge in [-0.15, -0.1) is 11.3 Å². The molecule has 0 aliphatic rings. The fourth-order valence-corrected chi connectivity index (χ4v) is 3.29. The third-order valence-corrected chi connectivity index (χ3v) is 4.51. The summed E-state index contributed by atoms with van der Waals surface area (Å²) in [4.78, 5) is 11.8. The quantitative estimate of drug-likeness (QED) is 0.462. The molecule has 2 aromatic rings. The highest BCUT2D eigenvalue weighted by Crippen LogP contribution is 2.23. The van der Waals surface area contributed by atoms with Crippen LogP contribution < -0.4 is 5.32 Å². The topological polar surface area (TPSA) is 55.2 Å². The summed E-state index contributed by atoms with van der Waals surface area (Å²) in [5.74, 6) is 0. The summed E-state index contributed by atoms with van der Waals surface area (Å²) in [7, 11) is 0. The van der Waals surface area contributed by atoms with E-state index in [1.165, 1.54) is 10.9 Å². The molecule has 0 radical (unpaired) electrons. The summed E-state index contributed by atoms with van der Waals surface area (Å²) < 4.78 is 1.62. The minimum atomic E-state index is -0.359. The van der Waals surface area contributed by atoms with E-state index in [1.54, 1.807) is 23.5 Å². The van der Waals surface area contributed by atoms with Crippen LogP contribution in [0.3, 0.4) is 0 Å². The van der Waals surface area contributed by atoms with Gasteiger partial charge >= 0.3 is 0 Å². The smallest absolute Gasteiger partial charge is 0.273 e. The Morgan fingerprint density at radius 2 is 2.15 bits per heavy atom. The van der Waals surface area contributed by atoms with E-state index in [-0.39, 0.29) is 10.6 Å². The molecule has 0 aliphatic heterocycles. The van der Waals surface area contributed by atoms with Crippen LogP contribution in [-0.2, 0) is 13.0 Å². The van der Waals surface area contributed by atoms with Gasteiger partial charge in [0.15, 0.2) is 0 Å². The molecule has 1 aromatic heterocycles. The Kier molecular flexibility index (Phi) is 5.54. The predicted molar refractivity (Wildman–Crippen MR) is 85.5 cm³/mol. The summed E-state index contributed by atoms with van der Waals surface area (Å²) in [6.45, 7) is 1.22. The zero-order valence-electron chi connectivity index (χ0n) is 10.4. The van der Waals surface area contributed by atoms with Crippen molar-refractivity contribution in [3.8, 4) is 0 Å². The van der Waals surface area contributed by atoms with Crippen LogP contribution in [-0.4, -0.2) is 11.5 Å². The third kappa shape index (κ3) is 4.28. The molecule has 1 N–H and O–H groups in total. The molecule has 0 saturated heterocycles. The Hall–Kier alpha value is -0.950. The van der Waals surface area contributed by atoms with E-state index in [1.807, 2.05) is 12.1 Å². The van der Waals surface area contributed by atoms with E-state index in [0.29, 0.717) is 12.1 Å². The summed E-state index contributed by atoms with van der Waals surface area (Å²) in [5.41, 5.74) is 0.813. The molecule has 1 heterocycles. The minimum Gasteiger partial charge on any atom is -0.312 e. The van der Waals surface area contributed by atoms with Gasteiger partial charge in [0, 0.05) is 34.1 Å². The van der Waals surface area contributed by atoms with Crippen LogP contribution in [0.15, 0.2) is 34.8 Å². The molecule has 20 heavy (non-hydrogen) atoms. The van der Waals surface area contributed by atoms with Crippen molar-refractivity contribution < 1.29 is 4.92 Å². The molecule has 1 aromatic carbocycles. The van der Waals surface area contributed by atoms with Crippen LogP contribution in [0.4, 0.5) is 5.69 Å². The first-order valence-electron chi connectivity index (χ1n) is 5.94. The number of halogens is 2. The Balaban J connectivity index is 1.90. The van der Waals surface area contributed by atoms with E-state index >= 15 is 0 Å². The summed E-state index contributed by atoms with van der Waals surface area (Å²) in [6.07, 6.45) is 0.860. The first kappa shape index (κ1) is 15.4. The molecule has 2 rings (SSSR count). The fraction of sp³-hybridized carbons (Fsp3) is 0.231. The predicted octanol–water partition coefficient (Wildman–Crippen LogP) is 4.40. The van der Waals surface area contributed by atoms with Crippen LogP contribution in [0, 0.1) is 10.1 Å². The molecular formula is C13H12BrClN2O2S. The molecule has 0 spiro atoms. The van der Waals surface area contributed by atoms with E-state index in [2.05, 4.69) is 21.2 Å². The summed E-state index contributed by atoms with van der Waals surface area (Å²) in [5, 5.41) is 14.2. The van der Waals surface area contributed by atoms with E-state index in [9.17, 15) is 10.1 Å². The molecule has 0 aliphatic carbocycles. The lowest BCUT2D eigenvalue weighted by molar-refractivity contribution is -0.385. The van der Waals surface area contributed by atoms with Gasteiger partial charge in [0.05, 0.1) is 9.26 Å². The van der Waals surface area contributed by atoms with Gasteiger partial charge in [-0.3, -0.25) is 10.1 Å². The second-order valence-corrected chi connectivity index (χ2v) is 6.88. The van der Waals surface area contributed by atoms with Gasteiger partial charge in [-0.25, -0.2) is 0 Å². The Bertz CT molecular complexity index is 618. The molecule has 0 fully saturated rings. The lowest BCUT2D eigenvalue weighted by Crippen LogP contribution is -2.17. The molecule has 0 unspecified atom stereocenters. The second-order valence-electron chi connectivity index (χ2n) is 4.16. The van der Waals surface area contributed by atoms with Crippen molar-refractivity contribution in [3.05, 3.63) is 59.7 Å². The number of nitrogens with zero attached hydrogens (tertiary/aromatic N) is 1. The number of nitro benzene ring substituents is 1. The van der Waals surface area contributed by atoms with Gasteiger partial charge < -0.3 is 5.32 Å². The fourth-order valence-electron chi connectivity index (χ4n) is 1.79. The minimum absolute atomic E-state index is 0.139. The zero-order chi connectivity index (χ0) is 14.5. The van der Waals surface area contributed by atoms with E-state index < -0.39 is 0 Å². The molecule has 0 atom stereocenters. The highest BCUT2D eigenvalue weighted by atomic mass is 79.9. The van der Waals surface area contributed by atoms with Crippen molar-refractivity contribution in [2.24, 2.45) is 0 Å². The van der Waals surface area contributed by atoms with Crippen LogP contribution in [0.1, 0.15) is 10.4 Å². The van der Waals surface area contributed by atoms with Crippen molar-refractivity contribution in [2.45, 2.75) is 13.0 Å². The third-order valence-electron chi connectivity index (χ3n) is 2.73. The lowest BCUT2D eigenvalue weighted by Gasteiger charge is -2.05. The van der Waals surface area contributed by atoms with Gasteiger partial charge in [0.2, 0.25) is 0 Å². The summed E-state index contributed by atoms with van der Waals surface area (Å²) >= 11 is 10.7. The van der Waals surface area contributed by atoms with Crippen LogP contribution in [0.2, 0.25) is 4.34 Å². The molecular weight excluding hydrogens is 364 g/mol.